The Morgan fingerprint density at radius 1 is 1.56 bits per heavy atom. The number of methoxy groups -OCH3 is 1. The second-order valence-corrected chi connectivity index (χ2v) is 4.67. The Balaban J connectivity index is 2.13. The van der Waals surface area contributed by atoms with Crippen molar-refractivity contribution in [3.05, 3.63) is 24.3 Å². The topological polar surface area (TPSA) is 47.7 Å². The fourth-order valence-corrected chi connectivity index (χ4v) is 2.49. The van der Waals surface area contributed by atoms with Crippen LogP contribution in [0.2, 0.25) is 0 Å². The van der Waals surface area contributed by atoms with Gasteiger partial charge in [-0.25, -0.2) is 0 Å². The maximum atomic E-state index is 5.91. The van der Waals surface area contributed by atoms with Crippen molar-refractivity contribution >= 4 is 5.69 Å². The second-order valence-electron chi connectivity index (χ2n) is 4.67. The highest BCUT2D eigenvalue weighted by Gasteiger charge is 2.28. The normalized spacial score (nSPS) is 20.7. The predicted octanol–water partition coefficient (Wildman–Crippen LogP) is 1.64. The van der Waals surface area contributed by atoms with E-state index < -0.39 is 0 Å². The van der Waals surface area contributed by atoms with Gasteiger partial charge >= 0.3 is 0 Å². The van der Waals surface area contributed by atoms with Crippen LogP contribution >= 0.6 is 0 Å². The summed E-state index contributed by atoms with van der Waals surface area (Å²) in [5.41, 5.74) is 7.02. The summed E-state index contributed by atoms with van der Waals surface area (Å²) in [5, 5.41) is 0. The first-order valence-corrected chi connectivity index (χ1v) is 6.45. The van der Waals surface area contributed by atoms with Crippen LogP contribution in [-0.2, 0) is 4.74 Å². The van der Waals surface area contributed by atoms with Crippen LogP contribution in [0, 0.1) is 0 Å². The first-order chi connectivity index (χ1) is 8.76. The molecule has 0 bridgehead atoms. The average Bonchev–Trinajstić information content (AvgIpc) is 2.93. The van der Waals surface area contributed by atoms with Crippen LogP contribution in [0.25, 0.3) is 0 Å². The smallest absolute Gasteiger partial charge is 0.120 e. The predicted molar refractivity (Wildman–Crippen MR) is 73.2 cm³/mol. The first-order valence-electron chi connectivity index (χ1n) is 6.45. The molecule has 4 nitrogen and oxygen atoms in total. The molecule has 1 saturated heterocycles. The molecule has 0 amide bonds. The molecular weight excluding hydrogens is 228 g/mol. The number of benzene rings is 1. The van der Waals surface area contributed by atoms with Crippen molar-refractivity contribution in [2.45, 2.75) is 25.0 Å². The number of hydrogen-bond donors (Lipinski definition) is 1. The zero-order valence-electron chi connectivity index (χ0n) is 11.1. The molecular formula is C14H22N2O2. The summed E-state index contributed by atoms with van der Waals surface area (Å²) in [6.45, 7) is 1.45. The molecule has 1 heterocycles. The summed E-state index contributed by atoms with van der Waals surface area (Å²) in [5.74, 6) is 0.863. The van der Waals surface area contributed by atoms with E-state index in [-0.39, 0.29) is 12.1 Å². The molecule has 4 heteroatoms. The van der Waals surface area contributed by atoms with Crippen molar-refractivity contribution in [2.75, 3.05) is 32.2 Å². The van der Waals surface area contributed by atoms with E-state index in [1.54, 1.807) is 7.11 Å². The van der Waals surface area contributed by atoms with Crippen molar-refractivity contribution in [3.8, 4) is 5.75 Å². The van der Waals surface area contributed by atoms with Gasteiger partial charge in [-0.3, -0.25) is 0 Å². The lowest BCUT2D eigenvalue weighted by molar-refractivity contribution is 0.0906. The van der Waals surface area contributed by atoms with Crippen LogP contribution in [0.5, 0.6) is 5.75 Å². The molecule has 0 aliphatic carbocycles. The van der Waals surface area contributed by atoms with Crippen molar-refractivity contribution < 1.29 is 9.47 Å². The van der Waals surface area contributed by atoms with Crippen molar-refractivity contribution in [2.24, 2.45) is 5.73 Å². The van der Waals surface area contributed by atoms with Gasteiger partial charge in [-0.1, -0.05) is 6.07 Å². The molecule has 2 atom stereocenters. The number of hydrogen-bond acceptors (Lipinski definition) is 4. The molecule has 1 fully saturated rings. The van der Waals surface area contributed by atoms with E-state index in [2.05, 4.69) is 18.0 Å². The molecule has 2 N–H and O–H groups in total. The Kier molecular flexibility index (Phi) is 4.44. The summed E-state index contributed by atoms with van der Waals surface area (Å²) in [6.07, 6.45) is 2.47. The Morgan fingerprint density at radius 3 is 3.00 bits per heavy atom. The van der Waals surface area contributed by atoms with Crippen LogP contribution in [0.3, 0.4) is 0 Å². The fraction of sp³-hybridized carbons (Fsp3) is 0.571. The molecule has 2 rings (SSSR count). The zero-order valence-corrected chi connectivity index (χ0v) is 11.1. The molecule has 18 heavy (non-hydrogen) atoms. The third-order valence-corrected chi connectivity index (χ3v) is 3.59. The molecule has 100 valence electrons. The van der Waals surface area contributed by atoms with E-state index in [0.29, 0.717) is 6.54 Å². The number of rotatable bonds is 5. The lowest BCUT2D eigenvalue weighted by Gasteiger charge is -2.33. The molecule has 1 aromatic carbocycles. The summed E-state index contributed by atoms with van der Waals surface area (Å²) in [4.78, 5) is 2.19. The summed E-state index contributed by atoms with van der Waals surface area (Å²) >= 11 is 0. The maximum Gasteiger partial charge on any atom is 0.120 e. The summed E-state index contributed by atoms with van der Waals surface area (Å²) in [7, 11) is 3.74. The fourth-order valence-electron chi connectivity index (χ4n) is 2.49. The highest BCUT2D eigenvalue weighted by atomic mass is 16.5. The second kappa shape index (κ2) is 6.07. The SMILES string of the molecule is COc1cccc(N(C)C(CN)C2CCCO2)c1. The van der Waals surface area contributed by atoms with Crippen LogP contribution in [0.4, 0.5) is 5.69 Å². The minimum Gasteiger partial charge on any atom is -0.497 e. The van der Waals surface area contributed by atoms with Crippen LogP contribution in [-0.4, -0.2) is 39.5 Å². The van der Waals surface area contributed by atoms with E-state index in [0.717, 1.165) is 30.9 Å². The Hall–Kier alpha value is -1.26. The van der Waals surface area contributed by atoms with Gasteiger partial charge in [0.05, 0.1) is 19.3 Å². The van der Waals surface area contributed by atoms with E-state index in [1.807, 2.05) is 18.2 Å². The number of nitrogens with two attached hydrogens (primary N) is 1. The highest BCUT2D eigenvalue weighted by molar-refractivity contribution is 5.51. The molecule has 1 aliphatic rings. The van der Waals surface area contributed by atoms with Gasteiger partial charge in [-0.05, 0) is 25.0 Å². The van der Waals surface area contributed by atoms with Crippen molar-refractivity contribution in [1.29, 1.82) is 0 Å². The summed E-state index contributed by atoms with van der Waals surface area (Å²) in [6, 6.07) is 8.26. The van der Waals surface area contributed by atoms with E-state index in [4.69, 9.17) is 15.2 Å². The Morgan fingerprint density at radius 2 is 2.39 bits per heavy atom. The van der Waals surface area contributed by atoms with Gasteiger partial charge < -0.3 is 20.1 Å². The van der Waals surface area contributed by atoms with Crippen LogP contribution in [0.15, 0.2) is 24.3 Å². The van der Waals surface area contributed by atoms with Gasteiger partial charge in [-0.2, -0.15) is 0 Å². The van der Waals surface area contributed by atoms with Crippen molar-refractivity contribution in [1.82, 2.24) is 0 Å². The minimum absolute atomic E-state index is 0.222. The van der Waals surface area contributed by atoms with Gasteiger partial charge in [0.1, 0.15) is 5.75 Å². The Labute approximate surface area is 109 Å². The maximum absolute atomic E-state index is 5.91. The van der Waals surface area contributed by atoms with Gasteiger partial charge in [0.25, 0.3) is 0 Å². The minimum atomic E-state index is 0.222. The van der Waals surface area contributed by atoms with E-state index in [1.165, 1.54) is 0 Å². The number of likely N-dealkylation sites (N-methyl/N-ethyl adjacent to an activating group) is 1. The molecule has 1 aliphatic heterocycles. The zero-order chi connectivity index (χ0) is 13.0. The van der Waals surface area contributed by atoms with Gasteiger partial charge in [0, 0.05) is 32.0 Å². The quantitative estimate of drug-likeness (QED) is 0.863. The molecule has 0 radical (unpaired) electrons. The molecule has 1 aromatic rings. The molecule has 0 saturated carbocycles. The number of nitrogens with zero attached hydrogens (tertiary/aromatic N) is 1. The lowest BCUT2D eigenvalue weighted by atomic mass is 10.1. The largest absolute Gasteiger partial charge is 0.497 e. The Bertz CT molecular complexity index is 378. The third-order valence-electron chi connectivity index (χ3n) is 3.59. The number of anilines is 1. The van der Waals surface area contributed by atoms with E-state index in [9.17, 15) is 0 Å². The molecule has 2 unspecified atom stereocenters. The third kappa shape index (κ3) is 2.76. The van der Waals surface area contributed by atoms with Crippen LogP contribution in [0.1, 0.15) is 12.8 Å². The monoisotopic (exact) mass is 250 g/mol. The van der Waals surface area contributed by atoms with Crippen molar-refractivity contribution in [3.63, 3.8) is 0 Å². The van der Waals surface area contributed by atoms with Gasteiger partial charge in [0.2, 0.25) is 0 Å². The van der Waals surface area contributed by atoms with Gasteiger partial charge in [-0.15, -0.1) is 0 Å². The van der Waals surface area contributed by atoms with Crippen LogP contribution < -0.4 is 15.4 Å². The van der Waals surface area contributed by atoms with E-state index >= 15 is 0 Å². The molecule has 0 spiro atoms. The number of ether oxygens (including phenoxy) is 2. The highest BCUT2D eigenvalue weighted by Crippen LogP contribution is 2.25. The average molecular weight is 250 g/mol. The van der Waals surface area contributed by atoms with Gasteiger partial charge in [0.15, 0.2) is 0 Å². The summed E-state index contributed by atoms with van der Waals surface area (Å²) < 4.78 is 11.0. The lowest BCUT2D eigenvalue weighted by Crippen LogP contribution is -2.46. The molecule has 0 aromatic heterocycles. The standard InChI is InChI=1S/C14H22N2O2/c1-16(11-5-3-6-12(9-11)17-2)13(10-15)14-7-4-8-18-14/h3,5-6,9,13-14H,4,7-8,10,15H2,1-2H3. The first kappa shape index (κ1) is 13.2.